The van der Waals surface area contributed by atoms with E-state index in [2.05, 4.69) is 49.4 Å². The molecule has 0 amide bonds. The zero-order valence-corrected chi connectivity index (χ0v) is 12.8. The molecule has 0 saturated carbocycles. The quantitative estimate of drug-likeness (QED) is 0.870. The molecule has 0 radical (unpaired) electrons. The number of fused-ring (bicyclic) bond motifs is 1. The Kier molecular flexibility index (Phi) is 3.63. The topological polar surface area (TPSA) is 43.8 Å². The zero-order chi connectivity index (χ0) is 14.2. The number of hydrogen-bond donors (Lipinski definition) is 1. The number of nitrogens with two attached hydrogens (primary N) is 1. The molecule has 1 heterocycles. The van der Waals surface area contributed by atoms with E-state index in [9.17, 15) is 0 Å². The first-order valence-corrected chi connectivity index (χ1v) is 6.94. The van der Waals surface area contributed by atoms with Gasteiger partial charge in [-0.25, -0.2) is 4.98 Å². The minimum absolute atomic E-state index is 0.119. The van der Waals surface area contributed by atoms with Crippen molar-refractivity contribution >= 4 is 28.2 Å². The number of thiocarbonyl (C=S) groups is 1. The van der Waals surface area contributed by atoms with Crippen LogP contribution in [0.3, 0.4) is 0 Å². The SMILES string of the molecule is Cc1cc2ncn(CCC(C)(C)C(N)=S)c2cc1C. The van der Waals surface area contributed by atoms with E-state index in [-0.39, 0.29) is 5.41 Å². The average molecular weight is 275 g/mol. The van der Waals surface area contributed by atoms with Gasteiger partial charge in [-0.15, -0.1) is 0 Å². The first-order valence-electron chi connectivity index (χ1n) is 6.53. The maximum absolute atomic E-state index is 5.77. The van der Waals surface area contributed by atoms with E-state index in [0.717, 1.165) is 18.5 Å². The lowest BCUT2D eigenvalue weighted by Gasteiger charge is -2.23. The number of imidazole rings is 1. The molecule has 3 nitrogen and oxygen atoms in total. The lowest BCUT2D eigenvalue weighted by atomic mass is 9.89. The Morgan fingerprint density at radius 2 is 1.95 bits per heavy atom. The van der Waals surface area contributed by atoms with Gasteiger partial charge in [-0.3, -0.25) is 0 Å². The number of nitrogens with zero attached hydrogens (tertiary/aromatic N) is 2. The highest BCUT2D eigenvalue weighted by atomic mass is 32.1. The van der Waals surface area contributed by atoms with E-state index in [1.807, 2.05) is 6.33 Å². The highest BCUT2D eigenvalue weighted by molar-refractivity contribution is 7.80. The third-order valence-corrected chi connectivity index (χ3v) is 4.43. The van der Waals surface area contributed by atoms with Crippen LogP contribution in [0.4, 0.5) is 0 Å². The lowest BCUT2D eigenvalue weighted by molar-refractivity contribution is 0.439. The monoisotopic (exact) mass is 275 g/mol. The maximum Gasteiger partial charge on any atom is 0.0958 e. The van der Waals surface area contributed by atoms with Gasteiger partial charge in [0.05, 0.1) is 22.3 Å². The predicted octanol–water partition coefficient (Wildman–Crippen LogP) is 3.36. The Morgan fingerprint density at radius 1 is 1.32 bits per heavy atom. The predicted molar refractivity (Wildman–Crippen MR) is 84.4 cm³/mol. The van der Waals surface area contributed by atoms with Crippen LogP contribution in [0.2, 0.25) is 0 Å². The van der Waals surface area contributed by atoms with Crippen LogP contribution in [0.25, 0.3) is 11.0 Å². The van der Waals surface area contributed by atoms with Gasteiger partial charge in [0, 0.05) is 12.0 Å². The number of benzene rings is 1. The molecule has 1 aromatic carbocycles. The summed E-state index contributed by atoms with van der Waals surface area (Å²) in [6, 6.07) is 4.34. The van der Waals surface area contributed by atoms with Gasteiger partial charge < -0.3 is 10.3 Å². The van der Waals surface area contributed by atoms with Gasteiger partial charge in [0.15, 0.2) is 0 Å². The molecule has 1 aromatic heterocycles. The summed E-state index contributed by atoms with van der Waals surface area (Å²) in [6.07, 6.45) is 2.82. The average Bonchev–Trinajstić information content (AvgIpc) is 2.69. The number of hydrogen-bond acceptors (Lipinski definition) is 2. The van der Waals surface area contributed by atoms with Gasteiger partial charge in [-0.2, -0.15) is 0 Å². The summed E-state index contributed by atoms with van der Waals surface area (Å²) in [5, 5.41) is 0. The molecule has 2 N–H and O–H groups in total. The number of aromatic nitrogens is 2. The highest BCUT2D eigenvalue weighted by Gasteiger charge is 2.21. The van der Waals surface area contributed by atoms with Crippen molar-refractivity contribution < 1.29 is 0 Å². The minimum Gasteiger partial charge on any atom is -0.393 e. The van der Waals surface area contributed by atoms with Crippen LogP contribution < -0.4 is 5.73 Å². The van der Waals surface area contributed by atoms with E-state index < -0.39 is 0 Å². The van der Waals surface area contributed by atoms with Gasteiger partial charge in [-0.05, 0) is 43.5 Å². The summed E-state index contributed by atoms with van der Waals surface area (Å²) in [7, 11) is 0. The summed E-state index contributed by atoms with van der Waals surface area (Å²) < 4.78 is 2.18. The molecular formula is C15H21N3S. The molecule has 102 valence electrons. The lowest BCUT2D eigenvalue weighted by Crippen LogP contribution is -2.30. The third kappa shape index (κ3) is 2.78. The third-order valence-electron chi connectivity index (χ3n) is 3.88. The van der Waals surface area contributed by atoms with Gasteiger partial charge in [0.1, 0.15) is 0 Å². The summed E-state index contributed by atoms with van der Waals surface area (Å²) in [5.41, 5.74) is 10.5. The smallest absolute Gasteiger partial charge is 0.0958 e. The Morgan fingerprint density at radius 3 is 2.58 bits per heavy atom. The van der Waals surface area contributed by atoms with Crippen LogP contribution in [0.5, 0.6) is 0 Å². The van der Waals surface area contributed by atoms with Crippen molar-refractivity contribution in [1.29, 1.82) is 0 Å². The summed E-state index contributed by atoms with van der Waals surface area (Å²) in [6.45, 7) is 9.30. The second-order valence-corrected chi connectivity index (χ2v) is 6.30. The standard InChI is InChI=1S/C15H21N3S/c1-10-7-12-13(8-11(10)2)18(9-17-12)6-5-15(3,4)14(16)19/h7-9H,5-6H2,1-4H3,(H2,16,19). The van der Waals surface area contributed by atoms with E-state index in [0.29, 0.717) is 4.99 Å². The largest absolute Gasteiger partial charge is 0.393 e. The van der Waals surface area contributed by atoms with E-state index >= 15 is 0 Å². The molecule has 0 spiro atoms. The van der Waals surface area contributed by atoms with Crippen LogP contribution in [0.15, 0.2) is 18.5 Å². The first kappa shape index (κ1) is 14.0. The minimum atomic E-state index is -0.119. The van der Waals surface area contributed by atoms with Crippen molar-refractivity contribution in [2.75, 3.05) is 0 Å². The Labute approximate surface area is 119 Å². The molecular weight excluding hydrogens is 254 g/mol. The van der Waals surface area contributed by atoms with Crippen molar-refractivity contribution in [3.05, 3.63) is 29.6 Å². The van der Waals surface area contributed by atoms with Crippen molar-refractivity contribution in [1.82, 2.24) is 9.55 Å². The molecule has 0 saturated heterocycles. The first-order chi connectivity index (χ1) is 8.81. The van der Waals surface area contributed by atoms with Crippen molar-refractivity contribution in [2.45, 2.75) is 40.7 Å². The highest BCUT2D eigenvalue weighted by Crippen LogP contribution is 2.24. The van der Waals surface area contributed by atoms with E-state index in [1.165, 1.54) is 16.6 Å². The maximum atomic E-state index is 5.77. The molecule has 2 aromatic rings. The van der Waals surface area contributed by atoms with E-state index in [4.69, 9.17) is 18.0 Å². The summed E-state index contributed by atoms with van der Waals surface area (Å²) >= 11 is 5.11. The molecule has 0 aliphatic carbocycles. The fourth-order valence-corrected chi connectivity index (χ4v) is 2.12. The van der Waals surface area contributed by atoms with E-state index in [1.54, 1.807) is 0 Å². The van der Waals surface area contributed by atoms with Crippen LogP contribution in [-0.4, -0.2) is 14.5 Å². The number of rotatable bonds is 4. The molecule has 2 rings (SSSR count). The van der Waals surface area contributed by atoms with Crippen molar-refractivity contribution in [3.63, 3.8) is 0 Å². The van der Waals surface area contributed by atoms with Gasteiger partial charge in [-0.1, -0.05) is 26.1 Å². The summed E-state index contributed by atoms with van der Waals surface area (Å²) in [5.74, 6) is 0. The van der Waals surface area contributed by atoms with Gasteiger partial charge in [0.2, 0.25) is 0 Å². The molecule has 0 aliphatic heterocycles. The molecule has 19 heavy (non-hydrogen) atoms. The second kappa shape index (κ2) is 4.93. The normalized spacial score (nSPS) is 12.0. The fraction of sp³-hybridized carbons (Fsp3) is 0.467. The molecule has 0 unspecified atom stereocenters. The fourth-order valence-electron chi connectivity index (χ4n) is 2.01. The zero-order valence-electron chi connectivity index (χ0n) is 12.0. The molecule has 0 atom stereocenters. The van der Waals surface area contributed by atoms with Crippen molar-refractivity contribution in [2.24, 2.45) is 11.1 Å². The molecule has 0 bridgehead atoms. The van der Waals surface area contributed by atoms with Crippen molar-refractivity contribution in [3.8, 4) is 0 Å². The Bertz CT molecular complexity index is 626. The molecule has 0 aliphatic rings. The molecule has 4 heteroatoms. The van der Waals surface area contributed by atoms with Gasteiger partial charge >= 0.3 is 0 Å². The van der Waals surface area contributed by atoms with Crippen LogP contribution in [-0.2, 0) is 6.54 Å². The summed E-state index contributed by atoms with van der Waals surface area (Å²) in [4.78, 5) is 5.04. The molecule has 0 fully saturated rings. The van der Waals surface area contributed by atoms with Crippen LogP contribution in [0.1, 0.15) is 31.4 Å². The second-order valence-electron chi connectivity index (χ2n) is 5.86. The van der Waals surface area contributed by atoms with Gasteiger partial charge in [0.25, 0.3) is 0 Å². The van der Waals surface area contributed by atoms with Crippen LogP contribution in [0, 0.1) is 19.3 Å². The number of aryl methyl sites for hydroxylation is 3. The Balaban J connectivity index is 2.27. The Hall–Kier alpha value is -1.42. The van der Waals surface area contributed by atoms with Crippen LogP contribution >= 0.6 is 12.2 Å².